The number of nitrogens with two attached hydrogens (primary N) is 1. The van der Waals surface area contributed by atoms with Crippen molar-refractivity contribution in [1.82, 2.24) is 0 Å². The first-order valence-corrected chi connectivity index (χ1v) is 7.58. The molecule has 0 saturated carbocycles. The third kappa shape index (κ3) is 3.17. The summed E-state index contributed by atoms with van der Waals surface area (Å²) in [4.78, 5) is 0. The molecule has 0 unspecified atom stereocenters. The van der Waals surface area contributed by atoms with Gasteiger partial charge in [0.2, 0.25) is 0 Å². The van der Waals surface area contributed by atoms with Gasteiger partial charge in [0.1, 0.15) is 0 Å². The van der Waals surface area contributed by atoms with E-state index in [9.17, 15) is 0 Å². The van der Waals surface area contributed by atoms with Crippen molar-refractivity contribution in [3.63, 3.8) is 0 Å². The molecule has 0 aromatic heterocycles. The Kier molecular flexibility index (Phi) is 4.50. The van der Waals surface area contributed by atoms with Crippen LogP contribution in [0, 0.1) is 3.57 Å². The summed E-state index contributed by atoms with van der Waals surface area (Å²) in [5.74, 6) is 0. The van der Waals surface area contributed by atoms with Gasteiger partial charge in [0.15, 0.2) is 0 Å². The van der Waals surface area contributed by atoms with E-state index in [2.05, 4.69) is 62.9 Å². The number of benzene rings is 2. The first-order chi connectivity index (χ1) is 8.60. The molecular weight excluding hydrogens is 403 g/mol. The summed E-state index contributed by atoms with van der Waals surface area (Å²) in [6.45, 7) is 2.14. The first kappa shape index (κ1) is 13.7. The molecule has 2 rings (SSSR count). The highest BCUT2D eigenvalue weighted by Crippen LogP contribution is 2.28. The van der Waals surface area contributed by atoms with Gasteiger partial charge in [-0.15, -0.1) is 0 Å². The second-order valence-corrected chi connectivity index (χ2v) is 6.17. The summed E-state index contributed by atoms with van der Waals surface area (Å²) in [6.07, 6.45) is 0.978. The lowest BCUT2D eigenvalue weighted by atomic mass is 10.1. The smallest absolute Gasteiger partial charge is 0.0618 e. The van der Waals surface area contributed by atoms with Crippen LogP contribution < -0.4 is 11.1 Å². The monoisotopic (exact) mass is 416 g/mol. The van der Waals surface area contributed by atoms with Crippen molar-refractivity contribution in [1.29, 1.82) is 0 Å². The highest BCUT2D eigenvalue weighted by molar-refractivity contribution is 14.1. The molecule has 94 valence electrons. The maximum absolute atomic E-state index is 6.01. The van der Waals surface area contributed by atoms with Crippen LogP contribution >= 0.6 is 38.5 Å². The fourth-order valence-electron chi connectivity index (χ4n) is 1.77. The van der Waals surface area contributed by atoms with E-state index in [4.69, 9.17) is 5.73 Å². The van der Waals surface area contributed by atoms with E-state index in [-0.39, 0.29) is 0 Å². The van der Waals surface area contributed by atoms with Gasteiger partial charge in [-0.1, -0.05) is 22.9 Å². The number of aryl methyl sites for hydroxylation is 1. The van der Waals surface area contributed by atoms with Crippen LogP contribution in [-0.2, 0) is 6.42 Å². The minimum Gasteiger partial charge on any atom is -0.397 e. The number of nitrogen functional groups attached to an aromatic ring is 1. The Labute approximate surface area is 129 Å². The van der Waals surface area contributed by atoms with E-state index in [1.54, 1.807) is 0 Å². The molecule has 0 saturated heterocycles. The highest BCUT2D eigenvalue weighted by Gasteiger charge is 2.04. The number of nitrogens with one attached hydrogen (secondary N) is 1. The SMILES string of the molecule is CCc1cc(Br)ccc1Nc1ccc(I)cc1N. The molecule has 0 aliphatic rings. The van der Waals surface area contributed by atoms with Gasteiger partial charge < -0.3 is 11.1 Å². The third-order valence-corrected chi connectivity index (χ3v) is 3.90. The van der Waals surface area contributed by atoms with Gasteiger partial charge in [-0.05, 0) is 71.0 Å². The maximum Gasteiger partial charge on any atom is 0.0618 e. The van der Waals surface area contributed by atoms with Crippen LogP contribution in [0.4, 0.5) is 17.1 Å². The first-order valence-electron chi connectivity index (χ1n) is 5.70. The van der Waals surface area contributed by atoms with Crippen LogP contribution in [0.1, 0.15) is 12.5 Å². The zero-order valence-corrected chi connectivity index (χ0v) is 13.7. The van der Waals surface area contributed by atoms with E-state index < -0.39 is 0 Å². The van der Waals surface area contributed by atoms with Crippen LogP contribution in [0.15, 0.2) is 40.9 Å². The molecule has 0 atom stereocenters. The van der Waals surface area contributed by atoms with Gasteiger partial charge in [0.05, 0.1) is 11.4 Å². The van der Waals surface area contributed by atoms with E-state index in [0.29, 0.717) is 0 Å². The molecule has 2 aromatic rings. The Morgan fingerprint density at radius 2 is 1.89 bits per heavy atom. The molecule has 0 amide bonds. The van der Waals surface area contributed by atoms with Gasteiger partial charge in [0.25, 0.3) is 0 Å². The van der Waals surface area contributed by atoms with E-state index in [1.165, 1.54) is 5.56 Å². The topological polar surface area (TPSA) is 38.0 Å². The van der Waals surface area contributed by atoms with Crippen LogP contribution in [0.25, 0.3) is 0 Å². The lowest BCUT2D eigenvalue weighted by molar-refractivity contribution is 1.14. The summed E-state index contributed by atoms with van der Waals surface area (Å²) in [5, 5.41) is 3.40. The van der Waals surface area contributed by atoms with Crippen molar-refractivity contribution in [3.8, 4) is 0 Å². The molecule has 4 heteroatoms. The maximum atomic E-state index is 6.01. The lowest BCUT2D eigenvalue weighted by Crippen LogP contribution is -1.99. The second-order valence-electron chi connectivity index (χ2n) is 4.01. The average molecular weight is 417 g/mol. The zero-order valence-electron chi connectivity index (χ0n) is 10.0. The highest BCUT2D eigenvalue weighted by atomic mass is 127. The van der Waals surface area contributed by atoms with E-state index in [1.807, 2.05) is 24.3 Å². The van der Waals surface area contributed by atoms with Gasteiger partial charge in [-0.2, -0.15) is 0 Å². The normalized spacial score (nSPS) is 10.4. The van der Waals surface area contributed by atoms with Gasteiger partial charge >= 0.3 is 0 Å². The van der Waals surface area contributed by atoms with E-state index in [0.717, 1.165) is 31.5 Å². The van der Waals surface area contributed by atoms with Crippen molar-refractivity contribution in [2.75, 3.05) is 11.1 Å². The number of anilines is 3. The fraction of sp³-hybridized carbons (Fsp3) is 0.143. The molecule has 2 aromatic carbocycles. The molecule has 3 N–H and O–H groups in total. The Bertz CT molecular complexity index is 570. The summed E-state index contributed by atoms with van der Waals surface area (Å²) in [7, 11) is 0. The predicted octanol–water partition coefficient (Wildman–Crippen LogP) is 4.94. The van der Waals surface area contributed by atoms with Gasteiger partial charge in [0, 0.05) is 13.7 Å². The largest absolute Gasteiger partial charge is 0.397 e. The minimum atomic E-state index is 0.770. The fourth-order valence-corrected chi connectivity index (χ4v) is 2.69. The number of hydrogen-bond acceptors (Lipinski definition) is 2. The summed E-state index contributed by atoms with van der Waals surface area (Å²) in [6, 6.07) is 12.3. The number of halogens is 2. The van der Waals surface area contributed by atoms with Crippen LogP contribution in [0.3, 0.4) is 0 Å². The molecule has 0 heterocycles. The molecule has 2 nitrogen and oxygen atoms in total. The summed E-state index contributed by atoms with van der Waals surface area (Å²) < 4.78 is 2.24. The van der Waals surface area contributed by atoms with Crippen LogP contribution in [0.5, 0.6) is 0 Å². The van der Waals surface area contributed by atoms with Gasteiger partial charge in [-0.25, -0.2) is 0 Å². The van der Waals surface area contributed by atoms with Crippen molar-refractivity contribution < 1.29 is 0 Å². The minimum absolute atomic E-state index is 0.770. The van der Waals surface area contributed by atoms with Crippen molar-refractivity contribution in [2.24, 2.45) is 0 Å². The van der Waals surface area contributed by atoms with Crippen LogP contribution in [0.2, 0.25) is 0 Å². The second kappa shape index (κ2) is 5.93. The molecular formula is C14H14BrIN2. The molecule has 0 aliphatic heterocycles. The molecule has 0 bridgehead atoms. The van der Waals surface area contributed by atoms with Crippen molar-refractivity contribution in [3.05, 3.63) is 50.0 Å². The molecule has 18 heavy (non-hydrogen) atoms. The molecule has 0 aliphatic carbocycles. The Morgan fingerprint density at radius 1 is 1.17 bits per heavy atom. The van der Waals surface area contributed by atoms with Gasteiger partial charge in [-0.3, -0.25) is 0 Å². The summed E-state index contributed by atoms with van der Waals surface area (Å²) in [5.41, 5.74) is 10.1. The Morgan fingerprint density at radius 3 is 2.56 bits per heavy atom. The average Bonchev–Trinajstić information content (AvgIpc) is 2.34. The van der Waals surface area contributed by atoms with Crippen LogP contribution in [-0.4, -0.2) is 0 Å². The zero-order chi connectivity index (χ0) is 13.1. The molecule has 0 fully saturated rings. The number of hydrogen-bond donors (Lipinski definition) is 2. The van der Waals surface area contributed by atoms with Crippen molar-refractivity contribution >= 4 is 55.6 Å². The summed E-state index contributed by atoms with van der Waals surface area (Å²) >= 11 is 5.75. The van der Waals surface area contributed by atoms with E-state index >= 15 is 0 Å². The standard InChI is InChI=1S/C14H14BrIN2/c1-2-9-7-10(15)3-5-13(9)18-14-6-4-11(16)8-12(14)17/h3-8,18H,2,17H2,1H3. The Hall–Kier alpha value is -0.750. The number of rotatable bonds is 3. The Balaban J connectivity index is 2.33. The predicted molar refractivity (Wildman–Crippen MR) is 90.4 cm³/mol. The third-order valence-electron chi connectivity index (χ3n) is 2.73. The van der Waals surface area contributed by atoms with Crippen molar-refractivity contribution in [2.45, 2.75) is 13.3 Å². The quantitative estimate of drug-likeness (QED) is 0.549. The lowest BCUT2D eigenvalue weighted by Gasteiger charge is -2.13. The molecule has 0 spiro atoms. The molecule has 0 radical (unpaired) electrons.